The molecule has 3 aromatic carbocycles. The fraction of sp³-hybridized carbons (Fsp3) is 0.227. The average molecular weight is 471 g/mol. The Bertz CT molecular complexity index is 1350. The zero-order valence-electron chi connectivity index (χ0n) is 17.8. The van der Waals surface area contributed by atoms with Crippen molar-refractivity contribution >= 4 is 37.9 Å². The first-order valence-electron chi connectivity index (χ1n) is 10.2. The van der Waals surface area contributed by atoms with E-state index in [9.17, 15) is 23.6 Å². The molecule has 4 rings (SSSR count). The SMILES string of the molecule is CC(=NNc1ccc(S(=O)(=O)N2CCOCC2)cc1[N+](=O)[O-])c1ccc2ccccc2c1O. The maximum atomic E-state index is 12.8. The minimum Gasteiger partial charge on any atom is -0.507 e. The molecule has 1 aliphatic heterocycles. The van der Waals surface area contributed by atoms with Gasteiger partial charge in [0.1, 0.15) is 11.4 Å². The number of benzene rings is 3. The van der Waals surface area contributed by atoms with Crippen LogP contribution >= 0.6 is 0 Å². The Morgan fingerprint density at radius 3 is 2.61 bits per heavy atom. The Morgan fingerprint density at radius 1 is 1.15 bits per heavy atom. The van der Waals surface area contributed by atoms with Crippen LogP contribution in [0, 0.1) is 10.1 Å². The lowest BCUT2D eigenvalue weighted by atomic mass is 10.0. The van der Waals surface area contributed by atoms with E-state index in [4.69, 9.17) is 4.74 Å². The van der Waals surface area contributed by atoms with E-state index < -0.39 is 20.6 Å². The van der Waals surface area contributed by atoms with Crippen LogP contribution in [-0.2, 0) is 14.8 Å². The molecule has 0 radical (unpaired) electrons. The monoisotopic (exact) mass is 470 g/mol. The molecule has 0 saturated carbocycles. The number of morpholine rings is 1. The number of phenolic OH excluding ortho intramolecular Hbond substituents is 1. The summed E-state index contributed by atoms with van der Waals surface area (Å²) in [7, 11) is -3.88. The van der Waals surface area contributed by atoms with E-state index in [0.29, 0.717) is 16.7 Å². The van der Waals surface area contributed by atoms with Crippen LogP contribution in [0.5, 0.6) is 5.75 Å². The predicted molar refractivity (Wildman–Crippen MR) is 124 cm³/mol. The molecule has 0 unspecified atom stereocenters. The molecule has 1 saturated heterocycles. The fourth-order valence-corrected chi connectivity index (χ4v) is 5.03. The Kier molecular flexibility index (Phi) is 6.27. The summed E-state index contributed by atoms with van der Waals surface area (Å²) in [5.74, 6) is 0.0533. The number of aromatic hydroxyl groups is 1. The number of fused-ring (bicyclic) bond motifs is 1. The van der Waals surface area contributed by atoms with Crippen LogP contribution in [0.25, 0.3) is 10.8 Å². The highest BCUT2D eigenvalue weighted by molar-refractivity contribution is 7.89. The van der Waals surface area contributed by atoms with Gasteiger partial charge in [-0.1, -0.05) is 30.3 Å². The summed E-state index contributed by atoms with van der Waals surface area (Å²) in [5.41, 5.74) is 3.10. The van der Waals surface area contributed by atoms with Crippen molar-refractivity contribution in [2.24, 2.45) is 5.10 Å². The zero-order chi connectivity index (χ0) is 23.6. The first-order chi connectivity index (χ1) is 15.8. The molecule has 11 heteroatoms. The number of nitrogens with one attached hydrogen (secondary N) is 1. The molecule has 0 atom stereocenters. The first kappa shape index (κ1) is 22.6. The minimum absolute atomic E-state index is 0.0283. The summed E-state index contributed by atoms with van der Waals surface area (Å²) in [5, 5.41) is 28.0. The number of sulfonamides is 1. The predicted octanol–water partition coefficient (Wildman–Crippen LogP) is 3.31. The number of hydrogen-bond donors (Lipinski definition) is 2. The largest absolute Gasteiger partial charge is 0.507 e. The van der Waals surface area contributed by atoms with E-state index >= 15 is 0 Å². The summed E-state index contributed by atoms with van der Waals surface area (Å²) in [6.07, 6.45) is 0. The molecule has 10 nitrogen and oxygen atoms in total. The molecular formula is C22H22N4O6S. The highest BCUT2D eigenvalue weighted by Gasteiger charge is 2.29. The van der Waals surface area contributed by atoms with Gasteiger partial charge in [0.2, 0.25) is 10.0 Å². The van der Waals surface area contributed by atoms with Crippen molar-refractivity contribution in [2.75, 3.05) is 31.7 Å². The molecule has 33 heavy (non-hydrogen) atoms. The van der Waals surface area contributed by atoms with E-state index in [0.717, 1.165) is 11.5 Å². The standard InChI is InChI=1S/C22H22N4O6S/c1-15(18-8-6-16-4-2-3-5-19(16)22(18)27)23-24-20-9-7-17(14-21(20)26(28)29)33(30,31)25-10-12-32-13-11-25/h2-9,14,24,27H,10-13H2,1H3. The van der Waals surface area contributed by atoms with Crippen molar-refractivity contribution in [3.05, 3.63) is 70.3 Å². The number of rotatable bonds is 6. The Hall–Kier alpha value is -3.54. The molecule has 0 bridgehead atoms. The normalized spacial score (nSPS) is 15.5. The van der Waals surface area contributed by atoms with E-state index in [1.54, 1.807) is 19.1 Å². The summed E-state index contributed by atoms with van der Waals surface area (Å²) in [4.78, 5) is 10.8. The van der Waals surface area contributed by atoms with Gasteiger partial charge in [0.05, 0.1) is 28.7 Å². The average Bonchev–Trinajstić information content (AvgIpc) is 2.83. The number of nitro benzene ring substituents is 1. The highest BCUT2D eigenvalue weighted by atomic mass is 32.2. The lowest BCUT2D eigenvalue weighted by molar-refractivity contribution is -0.384. The van der Waals surface area contributed by atoms with Crippen LogP contribution < -0.4 is 5.43 Å². The van der Waals surface area contributed by atoms with Gasteiger partial charge in [-0.05, 0) is 30.5 Å². The zero-order valence-corrected chi connectivity index (χ0v) is 18.6. The summed E-state index contributed by atoms with van der Waals surface area (Å²) < 4.78 is 32.1. The molecule has 172 valence electrons. The molecule has 1 heterocycles. The second-order valence-corrected chi connectivity index (χ2v) is 9.38. The lowest BCUT2D eigenvalue weighted by Gasteiger charge is -2.26. The van der Waals surface area contributed by atoms with E-state index in [1.165, 1.54) is 16.4 Å². The van der Waals surface area contributed by atoms with Crippen LogP contribution in [0.15, 0.2) is 64.6 Å². The van der Waals surface area contributed by atoms with Crippen molar-refractivity contribution in [2.45, 2.75) is 11.8 Å². The minimum atomic E-state index is -3.88. The summed E-state index contributed by atoms with van der Waals surface area (Å²) >= 11 is 0. The number of hydrogen-bond acceptors (Lipinski definition) is 8. The number of nitro groups is 1. The van der Waals surface area contributed by atoms with Crippen molar-refractivity contribution < 1.29 is 23.2 Å². The summed E-state index contributed by atoms with van der Waals surface area (Å²) in [6.45, 7) is 2.58. The molecule has 3 aromatic rings. The Balaban J connectivity index is 1.64. The third kappa shape index (κ3) is 4.51. The molecule has 0 aliphatic carbocycles. The molecule has 0 spiro atoms. The van der Waals surface area contributed by atoms with Gasteiger partial charge in [0, 0.05) is 30.1 Å². The fourth-order valence-electron chi connectivity index (χ4n) is 3.60. The van der Waals surface area contributed by atoms with Crippen molar-refractivity contribution in [3.63, 3.8) is 0 Å². The number of hydrazone groups is 1. The van der Waals surface area contributed by atoms with Crippen molar-refractivity contribution in [1.82, 2.24) is 4.31 Å². The van der Waals surface area contributed by atoms with Gasteiger partial charge >= 0.3 is 0 Å². The molecular weight excluding hydrogens is 448 g/mol. The number of anilines is 1. The van der Waals surface area contributed by atoms with Gasteiger partial charge in [-0.25, -0.2) is 8.42 Å². The molecule has 0 amide bonds. The third-order valence-electron chi connectivity index (χ3n) is 5.41. The van der Waals surface area contributed by atoms with Crippen LogP contribution in [0.4, 0.5) is 11.4 Å². The maximum absolute atomic E-state index is 12.8. The van der Waals surface area contributed by atoms with Gasteiger partial charge in [0.25, 0.3) is 5.69 Å². The highest BCUT2D eigenvalue weighted by Crippen LogP contribution is 2.31. The number of nitrogens with zero attached hydrogens (tertiary/aromatic N) is 3. The number of phenols is 1. The maximum Gasteiger partial charge on any atom is 0.295 e. The van der Waals surface area contributed by atoms with Gasteiger partial charge < -0.3 is 9.84 Å². The van der Waals surface area contributed by atoms with E-state index in [2.05, 4.69) is 10.5 Å². The smallest absolute Gasteiger partial charge is 0.295 e. The second-order valence-electron chi connectivity index (χ2n) is 7.44. The molecule has 0 aromatic heterocycles. The van der Waals surface area contributed by atoms with Crippen LogP contribution in [0.3, 0.4) is 0 Å². The quantitative estimate of drug-likeness (QED) is 0.321. The lowest BCUT2D eigenvalue weighted by Crippen LogP contribution is -2.40. The van der Waals surface area contributed by atoms with Gasteiger partial charge in [-0.2, -0.15) is 9.41 Å². The van der Waals surface area contributed by atoms with Crippen molar-refractivity contribution in [3.8, 4) is 5.75 Å². The van der Waals surface area contributed by atoms with Crippen LogP contribution in [0.1, 0.15) is 12.5 Å². The summed E-state index contributed by atoms with van der Waals surface area (Å²) in [6, 6.07) is 14.5. The topological polar surface area (TPSA) is 134 Å². The molecule has 1 aliphatic rings. The van der Waals surface area contributed by atoms with E-state index in [-0.39, 0.29) is 42.6 Å². The molecule has 2 N–H and O–H groups in total. The van der Waals surface area contributed by atoms with Crippen LogP contribution in [0.2, 0.25) is 0 Å². The Morgan fingerprint density at radius 2 is 1.88 bits per heavy atom. The molecule has 1 fully saturated rings. The number of ether oxygens (including phenoxy) is 1. The third-order valence-corrected chi connectivity index (χ3v) is 7.30. The van der Waals surface area contributed by atoms with Crippen molar-refractivity contribution in [1.29, 1.82) is 0 Å². The van der Waals surface area contributed by atoms with E-state index in [1.807, 2.05) is 24.3 Å². The van der Waals surface area contributed by atoms with Gasteiger partial charge in [-0.3, -0.25) is 15.5 Å². The first-order valence-corrected chi connectivity index (χ1v) is 11.6. The van der Waals surface area contributed by atoms with Gasteiger partial charge in [0.15, 0.2) is 0 Å². The van der Waals surface area contributed by atoms with Gasteiger partial charge in [-0.15, -0.1) is 0 Å². The van der Waals surface area contributed by atoms with Crippen LogP contribution in [-0.4, -0.2) is 54.8 Å². The Labute approximate surface area is 190 Å². The second kappa shape index (κ2) is 9.14.